The van der Waals surface area contributed by atoms with E-state index in [-0.39, 0.29) is 24.5 Å². The predicted octanol–water partition coefficient (Wildman–Crippen LogP) is 13.5. The van der Waals surface area contributed by atoms with Gasteiger partial charge in [0, 0.05) is 12.8 Å². The van der Waals surface area contributed by atoms with Crippen molar-refractivity contribution < 1.29 is 24.2 Å². The van der Waals surface area contributed by atoms with Crippen LogP contribution in [0.15, 0.2) is 24.3 Å². The Morgan fingerprint density at radius 1 is 0.510 bits per heavy atom. The molecule has 0 aromatic rings. The van der Waals surface area contributed by atoms with Crippen LogP contribution in [0, 0.1) is 0 Å². The van der Waals surface area contributed by atoms with Crippen molar-refractivity contribution in [3.63, 3.8) is 0 Å². The first-order valence-electron chi connectivity index (χ1n) is 22.0. The zero-order valence-electron chi connectivity index (χ0n) is 33.7. The van der Waals surface area contributed by atoms with Crippen molar-refractivity contribution >= 4 is 17.8 Å². The van der Waals surface area contributed by atoms with E-state index in [1.165, 1.54) is 154 Å². The Kier molecular flexibility index (Phi) is 39.0. The molecule has 298 valence electrons. The van der Waals surface area contributed by atoms with Gasteiger partial charge in [0.15, 0.2) is 0 Å². The van der Waals surface area contributed by atoms with E-state index in [2.05, 4.69) is 43.5 Å². The van der Waals surface area contributed by atoms with E-state index >= 15 is 0 Å². The smallest absolute Gasteiger partial charge is 0.322 e. The average molecular weight is 718 g/mol. The molecule has 0 aliphatic heterocycles. The summed E-state index contributed by atoms with van der Waals surface area (Å²) in [5, 5.41) is 11.1. The molecule has 0 fully saturated rings. The van der Waals surface area contributed by atoms with Crippen molar-refractivity contribution in [2.24, 2.45) is 0 Å². The molecular formula is C45H83NO5. The Labute approximate surface area is 315 Å². The topological polar surface area (TPSA) is 92.7 Å². The van der Waals surface area contributed by atoms with Gasteiger partial charge in [-0.2, -0.15) is 0 Å². The summed E-state index contributed by atoms with van der Waals surface area (Å²) in [5.41, 5.74) is 0. The van der Waals surface area contributed by atoms with Crippen LogP contribution in [-0.2, 0) is 19.1 Å². The molecule has 0 radical (unpaired) electrons. The Morgan fingerprint density at radius 3 is 1.37 bits per heavy atom. The molecule has 0 heterocycles. The van der Waals surface area contributed by atoms with Crippen LogP contribution >= 0.6 is 0 Å². The van der Waals surface area contributed by atoms with Crippen LogP contribution in [0.4, 0.5) is 0 Å². The van der Waals surface area contributed by atoms with Gasteiger partial charge >= 0.3 is 11.9 Å². The molecule has 1 unspecified atom stereocenters. The van der Waals surface area contributed by atoms with Gasteiger partial charge in [-0.15, -0.1) is 0 Å². The molecule has 51 heavy (non-hydrogen) atoms. The predicted molar refractivity (Wildman–Crippen MR) is 217 cm³/mol. The number of nitrogens with one attached hydrogen (secondary N) is 1. The van der Waals surface area contributed by atoms with Crippen molar-refractivity contribution in [1.29, 1.82) is 0 Å². The second-order valence-corrected chi connectivity index (χ2v) is 14.9. The first-order chi connectivity index (χ1) is 25.0. The Morgan fingerprint density at radius 2 is 0.902 bits per heavy atom. The lowest BCUT2D eigenvalue weighted by atomic mass is 10.0. The maximum absolute atomic E-state index is 12.7. The van der Waals surface area contributed by atoms with Gasteiger partial charge in [0.05, 0.1) is 0 Å². The lowest BCUT2D eigenvalue weighted by Gasteiger charge is -2.15. The lowest BCUT2D eigenvalue weighted by Crippen LogP contribution is -2.28. The number of aliphatic carboxylic acids is 1. The molecule has 0 rings (SSSR count). The molecule has 0 aliphatic carbocycles. The molecule has 6 heteroatoms. The number of unbranched alkanes of at least 4 members (excludes halogenated alkanes) is 27. The molecular weight excluding hydrogens is 634 g/mol. The number of carboxylic acids is 1. The third-order valence-electron chi connectivity index (χ3n) is 9.83. The molecule has 0 aliphatic rings. The van der Waals surface area contributed by atoms with E-state index in [0.717, 1.165) is 51.4 Å². The molecule has 6 nitrogen and oxygen atoms in total. The molecule has 0 aromatic heterocycles. The number of hydrogen-bond acceptors (Lipinski definition) is 4. The minimum Gasteiger partial charge on any atom is -0.480 e. The normalized spacial score (nSPS) is 12.2. The fourth-order valence-corrected chi connectivity index (χ4v) is 6.54. The highest BCUT2D eigenvalue weighted by molar-refractivity contribution is 5.80. The van der Waals surface area contributed by atoms with Crippen LogP contribution < -0.4 is 5.32 Å². The molecule has 0 saturated heterocycles. The minimum absolute atomic E-state index is 0.0810. The van der Waals surface area contributed by atoms with Gasteiger partial charge in [0.2, 0.25) is 5.91 Å². The van der Waals surface area contributed by atoms with Gasteiger partial charge in [-0.1, -0.05) is 173 Å². The second-order valence-electron chi connectivity index (χ2n) is 14.9. The molecule has 0 bridgehead atoms. The van der Waals surface area contributed by atoms with E-state index in [9.17, 15) is 14.4 Å². The van der Waals surface area contributed by atoms with Crippen molar-refractivity contribution in [1.82, 2.24) is 5.32 Å². The van der Waals surface area contributed by atoms with Gasteiger partial charge in [0.1, 0.15) is 12.6 Å². The van der Waals surface area contributed by atoms with Crippen LogP contribution in [0.2, 0.25) is 0 Å². The summed E-state index contributed by atoms with van der Waals surface area (Å²) in [4.78, 5) is 35.0. The third kappa shape index (κ3) is 40.5. The number of rotatable bonds is 40. The van der Waals surface area contributed by atoms with Gasteiger partial charge in [-0.25, -0.2) is 0 Å². The Hall–Kier alpha value is -2.11. The van der Waals surface area contributed by atoms with E-state index < -0.39 is 5.97 Å². The first kappa shape index (κ1) is 48.9. The van der Waals surface area contributed by atoms with Crippen molar-refractivity contribution in [3.05, 3.63) is 24.3 Å². The molecule has 1 atom stereocenters. The fraction of sp³-hybridized carbons (Fsp3) is 0.844. The number of amides is 1. The molecule has 0 spiro atoms. The first-order valence-corrected chi connectivity index (χ1v) is 22.0. The van der Waals surface area contributed by atoms with E-state index in [0.29, 0.717) is 12.8 Å². The van der Waals surface area contributed by atoms with Crippen LogP contribution in [0.1, 0.15) is 232 Å². The van der Waals surface area contributed by atoms with Crippen LogP contribution in [-0.4, -0.2) is 35.6 Å². The highest BCUT2D eigenvalue weighted by Gasteiger charge is 2.12. The lowest BCUT2D eigenvalue weighted by molar-refractivity contribution is -0.147. The van der Waals surface area contributed by atoms with Gasteiger partial charge in [-0.3, -0.25) is 14.4 Å². The van der Waals surface area contributed by atoms with Crippen molar-refractivity contribution in [3.8, 4) is 0 Å². The average Bonchev–Trinajstić information content (AvgIpc) is 3.11. The highest BCUT2D eigenvalue weighted by atomic mass is 16.5. The quantitative estimate of drug-likeness (QED) is 0.0374. The van der Waals surface area contributed by atoms with Gasteiger partial charge < -0.3 is 15.2 Å². The molecule has 0 saturated carbocycles. The third-order valence-corrected chi connectivity index (χ3v) is 9.83. The minimum atomic E-state index is -1.02. The summed E-state index contributed by atoms with van der Waals surface area (Å²) in [6.07, 6.45) is 49.0. The number of ether oxygens (including phenoxy) is 1. The van der Waals surface area contributed by atoms with E-state index in [4.69, 9.17) is 9.84 Å². The number of carbonyl (C=O) groups is 3. The Balaban J connectivity index is 4.01. The number of hydrogen-bond donors (Lipinski definition) is 2. The van der Waals surface area contributed by atoms with Crippen LogP contribution in [0.5, 0.6) is 0 Å². The maximum atomic E-state index is 12.7. The summed E-state index contributed by atoms with van der Waals surface area (Å²) in [5.74, 6) is -1.32. The van der Waals surface area contributed by atoms with Gasteiger partial charge in [-0.05, 0) is 70.3 Å². The summed E-state index contributed by atoms with van der Waals surface area (Å²) >= 11 is 0. The number of allylic oxidation sites excluding steroid dienone is 3. The SMILES string of the molecule is CCCCCCCCC/C=C\C(CCCCCCC(=O)NCC(=O)O)OC(=O)CCCCCCCCCCC/C=C\CCCCCCCCCC. The van der Waals surface area contributed by atoms with Crippen molar-refractivity contribution in [2.75, 3.05) is 6.54 Å². The maximum Gasteiger partial charge on any atom is 0.322 e. The summed E-state index contributed by atoms with van der Waals surface area (Å²) in [6, 6.07) is 0. The summed E-state index contributed by atoms with van der Waals surface area (Å²) in [7, 11) is 0. The summed E-state index contributed by atoms with van der Waals surface area (Å²) in [6.45, 7) is 4.21. The Bertz CT molecular complexity index is 838. The van der Waals surface area contributed by atoms with E-state index in [1.807, 2.05) is 0 Å². The standard InChI is InChI=1S/C45H83NO5/c1-3-5-7-9-11-13-14-15-16-17-18-19-20-21-22-23-24-26-28-30-36-40-45(50)51-42(37-33-29-27-25-12-10-8-6-4-2)38-34-31-32-35-39-43(47)46-41-44(48)49/h17-18,33,37,42H,3-16,19-32,34-36,38-41H2,1-2H3,(H,46,47)(H,48,49)/b18-17-,37-33-. The monoisotopic (exact) mass is 718 g/mol. The van der Waals surface area contributed by atoms with Gasteiger partial charge in [0.25, 0.3) is 0 Å². The van der Waals surface area contributed by atoms with E-state index in [1.54, 1.807) is 0 Å². The molecule has 0 aromatic carbocycles. The number of carbonyl (C=O) groups excluding carboxylic acids is 2. The highest BCUT2D eigenvalue weighted by Crippen LogP contribution is 2.16. The fourth-order valence-electron chi connectivity index (χ4n) is 6.54. The molecule has 1 amide bonds. The number of carboxylic acid groups (broad SMARTS) is 1. The summed E-state index contributed by atoms with van der Waals surface area (Å²) < 4.78 is 5.92. The zero-order valence-corrected chi connectivity index (χ0v) is 33.7. The van der Waals surface area contributed by atoms with Crippen LogP contribution in [0.25, 0.3) is 0 Å². The van der Waals surface area contributed by atoms with Crippen molar-refractivity contribution in [2.45, 2.75) is 238 Å². The molecule has 2 N–H and O–H groups in total. The largest absolute Gasteiger partial charge is 0.480 e. The van der Waals surface area contributed by atoms with Crippen LogP contribution in [0.3, 0.4) is 0 Å². The second kappa shape index (κ2) is 40.7. The number of esters is 1. The zero-order chi connectivity index (χ0) is 37.3.